The molecule has 2 aromatic carbocycles. The van der Waals surface area contributed by atoms with E-state index >= 15 is 0 Å². The van der Waals surface area contributed by atoms with Gasteiger partial charge in [-0.25, -0.2) is 8.42 Å². The largest absolute Gasteiger partial charge is 0.485 e. The number of aliphatic hydroxyl groups is 1. The van der Waals surface area contributed by atoms with Gasteiger partial charge in [-0.05, 0) is 75.6 Å². The third-order valence-electron chi connectivity index (χ3n) is 7.63. The number of nitrogens with one attached hydrogen (secondary N) is 1. The van der Waals surface area contributed by atoms with Gasteiger partial charge in [-0.3, -0.25) is 4.79 Å². The van der Waals surface area contributed by atoms with E-state index in [1.54, 1.807) is 34.6 Å². The Morgan fingerprint density at radius 2 is 1.84 bits per heavy atom. The summed E-state index contributed by atoms with van der Waals surface area (Å²) in [5, 5.41) is 15.3. The van der Waals surface area contributed by atoms with Gasteiger partial charge >= 0.3 is 0 Å². The highest BCUT2D eigenvalue weighted by atomic mass is 35.5. The average molecular weight is 548 g/mol. The molecule has 3 aliphatic heterocycles. The van der Waals surface area contributed by atoms with Gasteiger partial charge in [0.25, 0.3) is 0 Å². The van der Waals surface area contributed by atoms with Gasteiger partial charge in [0.15, 0.2) is 0 Å². The van der Waals surface area contributed by atoms with Crippen molar-refractivity contribution < 1.29 is 23.1 Å². The maximum absolute atomic E-state index is 13.5. The van der Waals surface area contributed by atoms with Crippen molar-refractivity contribution in [2.45, 2.75) is 74.6 Å². The first-order chi connectivity index (χ1) is 17.6. The molecule has 2 N–H and O–H groups in total. The number of nitrogens with zero attached hydrogens (tertiary/aromatic N) is 2. The Morgan fingerprint density at radius 1 is 1.14 bits per heavy atom. The second-order valence-electron chi connectivity index (χ2n) is 10.7. The Labute approximate surface area is 223 Å². The van der Waals surface area contributed by atoms with E-state index in [1.165, 1.54) is 0 Å². The first-order valence-corrected chi connectivity index (χ1v) is 14.7. The van der Waals surface area contributed by atoms with Gasteiger partial charge in [0.2, 0.25) is 15.9 Å². The van der Waals surface area contributed by atoms with Crippen molar-refractivity contribution in [2.75, 3.05) is 24.5 Å². The van der Waals surface area contributed by atoms with Crippen LogP contribution < -0.4 is 15.0 Å². The Hall–Kier alpha value is -2.33. The molecule has 1 amide bonds. The van der Waals surface area contributed by atoms with Crippen LogP contribution >= 0.6 is 11.6 Å². The van der Waals surface area contributed by atoms with Gasteiger partial charge in [-0.1, -0.05) is 18.0 Å². The van der Waals surface area contributed by atoms with E-state index in [1.807, 2.05) is 30.9 Å². The van der Waals surface area contributed by atoms with Crippen LogP contribution in [0.5, 0.6) is 5.75 Å². The highest BCUT2D eigenvalue weighted by molar-refractivity contribution is 7.89. The fourth-order valence-corrected chi connectivity index (χ4v) is 7.24. The maximum atomic E-state index is 13.5. The van der Waals surface area contributed by atoms with Crippen LogP contribution in [-0.4, -0.2) is 61.1 Å². The number of halogens is 1. The van der Waals surface area contributed by atoms with Crippen LogP contribution in [0, 0.1) is 0 Å². The van der Waals surface area contributed by atoms with Gasteiger partial charge in [-0.2, -0.15) is 4.31 Å². The summed E-state index contributed by atoms with van der Waals surface area (Å²) in [6, 6.07) is 11.5. The Bertz CT molecular complexity index is 1260. The minimum atomic E-state index is -3.69. The summed E-state index contributed by atoms with van der Waals surface area (Å²) >= 11 is 6.18. The lowest BCUT2D eigenvalue weighted by Crippen LogP contribution is -2.55. The Morgan fingerprint density at radius 3 is 2.49 bits per heavy atom. The molecule has 0 aliphatic carbocycles. The lowest BCUT2D eigenvalue weighted by atomic mass is 9.85. The second kappa shape index (κ2) is 10.1. The molecule has 0 radical (unpaired) electrons. The van der Waals surface area contributed by atoms with E-state index in [0.717, 1.165) is 24.9 Å². The average Bonchev–Trinajstić information content (AvgIpc) is 3.29. The number of anilines is 1. The molecule has 2 fully saturated rings. The van der Waals surface area contributed by atoms with Crippen molar-refractivity contribution in [1.82, 2.24) is 9.62 Å². The third kappa shape index (κ3) is 5.19. The van der Waals surface area contributed by atoms with Crippen molar-refractivity contribution in [1.29, 1.82) is 0 Å². The monoisotopic (exact) mass is 547 g/mol. The Balaban J connectivity index is 1.60. The smallest absolute Gasteiger partial charge is 0.243 e. The molecule has 0 aromatic heterocycles. The minimum absolute atomic E-state index is 0.00391. The highest BCUT2D eigenvalue weighted by Gasteiger charge is 2.47. The molecule has 5 rings (SSSR count). The molecular formula is C27H34ClN3O5S. The van der Waals surface area contributed by atoms with Gasteiger partial charge in [-0.15, -0.1) is 0 Å². The lowest BCUT2D eigenvalue weighted by Gasteiger charge is -2.47. The molecule has 200 valence electrons. The summed E-state index contributed by atoms with van der Waals surface area (Å²) in [7, 11) is -3.69. The summed E-state index contributed by atoms with van der Waals surface area (Å²) in [6.07, 6.45) is 2.87. The number of rotatable bonds is 6. The van der Waals surface area contributed by atoms with Crippen LogP contribution in [-0.2, 0) is 14.8 Å². The zero-order valence-corrected chi connectivity index (χ0v) is 22.8. The molecule has 2 aromatic rings. The number of aliphatic hydroxyl groups excluding tert-OH is 1. The molecule has 0 spiro atoms. The molecule has 0 bridgehead atoms. The zero-order valence-electron chi connectivity index (χ0n) is 21.2. The van der Waals surface area contributed by atoms with Crippen molar-refractivity contribution in [3.63, 3.8) is 0 Å². The molecular weight excluding hydrogens is 514 g/mol. The van der Waals surface area contributed by atoms with Crippen molar-refractivity contribution >= 4 is 33.2 Å². The van der Waals surface area contributed by atoms with E-state index in [2.05, 4.69) is 5.32 Å². The Kier molecular flexibility index (Phi) is 7.17. The number of carbonyl (C=O) groups excluding carboxylic acids is 1. The fourth-order valence-electron chi connectivity index (χ4n) is 5.56. The van der Waals surface area contributed by atoms with Crippen molar-refractivity contribution in [3.05, 3.63) is 53.1 Å². The lowest BCUT2D eigenvalue weighted by molar-refractivity contribution is -0.119. The normalized spacial score (nSPS) is 25.7. The minimum Gasteiger partial charge on any atom is -0.485 e. The number of benzene rings is 2. The number of hydrogen-bond acceptors (Lipinski definition) is 6. The van der Waals surface area contributed by atoms with E-state index in [4.69, 9.17) is 16.3 Å². The second-order valence-corrected chi connectivity index (χ2v) is 13.1. The zero-order chi connectivity index (χ0) is 26.4. The van der Waals surface area contributed by atoms with Crippen LogP contribution in [0.1, 0.15) is 57.6 Å². The topological polar surface area (TPSA) is 99.2 Å². The molecule has 1 unspecified atom stereocenters. The van der Waals surface area contributed by atoms with Crippen LogP contribution in [0.15, 0.2) is 47.4 Å². The summed E-state index contributed by atoms with van der Waals surface area (Å²) in [5.41, 5.74) is 0.473. The van der Waals surface area contributed by atoms with Gasteiger partial charge in [0, 0.05) is 48.4 Å². The first kappa shape index (κ1) is 26.3. The molecule has 37 heavy (non-hydrogen) atoms. The number of fused-ring (bicyclic) bond motifs is 1. The molecule has 3 aliphatic rings. The van der Waals surface area contributed by atoms with Crippen LogP contribution in [0.25, 0.3) is 0 Å². The summed E-state index contributed by atoms with van der Waals surface area (Å²) < 4.78 is 34.8. The fraction of sp³-hybridized carbons (Fsp3) is 0.519. The van der Waals surface area contributed by atoms with Crippen LogP contribution in [0.4, 0.5) is 5.69 Å². The number of carbonyl (C=O) groups is 1. The number of piperidine rings is 1. The van der Waals surface area contributed by atoms with E-state index in [0.29, 0.717) is 48.8 Å². The van der Waals surface area contributed by atoms with Crippen molar-refractivity contribution in [3.8, 4) is 5.75 Å². The SMILES string of the molecule is CC1(C)Oc2ccc(S(=O)(=O)N3CCCCC3)cc2[C@H](N(CC2CCC(=O)N2)c2ccc(Cl)cc2)[C@H]1O. The predicted octanol–water partition coefficient (Wildman–Crippen LogP) is 3.87. The molecule has 8 nitrogen and oxygen atoms in total. The van der Waals surface area contributed by atoms with Gasteiger partial charge < -0.3 is 20.1 Å². The highest BCUT2D eigenvalue weighted by Crippen LogP contribution is 2.45. The molecule has 3 atom stereocenters. The van der Waals surface area contributed by atoms with Crippen LogP contribution in [0.2, 0.25) is 5.02 Å². The van der Waals surface area contributed by atoms with E-state index in [9.17, 15) is 18.3 Å². The summed E-state index contributed by atoms with van der Waals surface area (Å²) in [6.45, 7) is 5.10. The summed E-state index contributed by atoms with van der Waals surface area (Å²) in [5.74, 6) is 0.538. The molecule has 2 saturated heterocycles. The number of sulfonamides is 1. The first-order valence-electron chi connectivity index (χ1n) is 12.9. The van der Waals surface area contributed by atoms with Gasteiger partial charge in [0.05, 0.1) is 10.9 Å². The number of hydrogen-bond donors (Lipinski definition) is 2. The standard InChI is InChI=1S/C27H34ClN3O5S/c1-27(2)26(33)25(31(17-19-8-13-24(32)29-19)20-9-6-18(28)7-10-20)22-16-21(11-12-23(22)36-27)37(34,35)30-14-4-3-5-15-30/h6-7,9-12,16,19,25-26,33H,3-5,8,13-15,17H2,1-2H3,(H,29,32)/t19?,25-,26+/m0/s1. The third-order valence-corrected chi connectivity index (χ3v) is 9.78. The van der Waals surface area contributed by atoms with Gasteiger partial charge in [0.1, 0.15) is 17.5 Å². The van der Waals surface area contributed by atoms with Crippen LogP contribution in [0.3, 0.4) is 0 Å². The molecule has 3 heterocycles. The number of amides is 1. The van der Waals surface area contributed by atoms with E-state index in [-0.39, 0.29) is 16.8 Å². The van der Waals surface area contributed by atoms with E-state index < -0.39 is 27.8 Å². The maximum Gasteiger partial charge on any atom is 0.243 e. The quantitative estimate of drug-likeness (QED) is 0.569. The number of ether oxygens (including phenoxy) is 1. The molecule has 0 saturated carbocycles. The predicted molar refractivity (Wildman–Crippen MR) is 142 cm³/mol. The molecule has 10 heteroatoms. The van der Waals surface area contributed by atoms with Crippen molar-refractivity contribution in [2.24, 2.45) is 0 Å². The summed E-state index contributed by atoms with van der Waals surface area (Å²) in [4.78, 5) is 14.2.